The number of nitrogens with zero attached hydrogens (tertiary/aromatic N) is 1. The van der Waals surface area contributed by atoms with Gasteiger partial charge in [0, 0.05) is 18.4 Å². The number of carbonyl (C=O) groups excluding carboxylic acids is 1. The molecule has 0 saturated heterocycles. The van der Waals surface area contributed by atoms with Crippen LogP contribution in [0.15, 0.2) is 51.7 Å². The third-order valence-corrected chi connectivity index (χ3v) is 4.88. The van der Waals surface area contributed by atoms with Crippen molar-refractivity contribution in [2.75, 3.05) is 7.05 Å². The van der Waals surface area contributed by atoms with Crippen molar-refractivity contribution in [2.45, 2.75) is 25.8 Å². The molecule has 1 fully saturated rings. The van der Waals surface area contributed by atoms with Gasteiger partial charge in [0.2, 0.25) is 0 Å². The van der Waals surface area contributed by atoms with E-state index in [9.17, 15) is 9.59 Å². The van der Waals surface area contributed by atoms with E-state index < -0.39 is 0 Å². The Labute approximate surface area is 145 Å². The van der Waals surface area contributed by atoms with Crippen molar-refractivity contribution in [3.63, 3.8) is 0 Å². The molecule has 2 aromatic heterocycles. The fraction of sp³-hybridized carbons (Fsp3) is 0.300. The molecule has 0 aliphatic heterocycles. The first-order valence-electron chi connectivity index (χ1n) is 8.49. The topological polar surface area (TPSA) is 66.3 Å². The predicted molar refractivity (Wildman–Crippen MR) is 95.6 cm³/mol. The number of nitrogens with one attached hydrogen (secondary N) is 1. The monoisotopic (exact) mass is 336 g/mol. The van der Waals surface area contributed by atoms with Crippen molar-refractivity contribution in [2.24, 2.45) is 5.92 Å². The van der Waals surface area contributed by atoms with Crippen LogP contribution in [-0.4, -0.2) is 22.8 Å². The van der Waals surface area contributed by atoms with Crippen molar-refractivity contribution >= 4 is 16.7 Å². The Morgan fingerprint density at radius 1 is 1.28 bits per heavy atom. The van der Waals surface area contributed by atoms with E-state index >= 15 is 0 Å². The molecule has 1 amide bonds. The number of furan rings is 1. The average molecular weight is 336 g/mol. The molecule has 25 heavy (non-hydrogen) atoms. The number of carbonyl (C=O) groups is 1. The Kier molecular flexibility index (Phi) is 3.71. The van der Waals surface area contributed by atoms with Crippen LogP contribution in [0.2, 0.25) is 0 Å². The molecular formula is C20H20N2O3. The fourth-order valence-corrected chi connectivity index (χ4v) is 3.23. The number of aromatic amines is 1. The van der Waals surface area contributed by atoms with Crippen LogP contribution in [0.3, 0.4) is 0 Å². The molecule has 1 aliphatic rings. The number of fused-ring (bicyclic) bond motifs is 1. The van der Waals surface area contributed by atoms with Crippen LogP contribution in [-0.2, 0) is 6.54 Å². The maximum Gasteiger partial charge on any atom is 0.270 e. The molecule has 128 valence electrons. The third kappa shape index (κ3) is 2.97. The number of hydrogen-bond acceptors (Lipinski definition) is 3. The molecule has 5 nitrogen and oxygen atoms in total. The first kappa shape index (κ1) is 15.7. The van der Waals surface area contributed by atoms with E-state index in [1.807, 2.05) is 24.3 Å². The Bertz CT molecular complexity index is 1000. The van der Waals surface area contributed by atoms with Crippen LogP contribution in [0.4, 0.5) is 0 Å². The van der Waals surface area contributed by atoms with Gasteiger partial charge in [-0.25, -0.2) is 0 Å². The molecule has 1 saturated carbocycles. The summed E-state index contributed by atoms with van der Waals surface area (Å²) in [6, 6.07) is 12.9. The minimum absolute atomic E-state index is 0.236. The van der Waals surface area contributed by atoms with Crippen LogP contribution >= 0.6 is 0 Å². The van der Waals surface area contributed by atoms with E-state index in [1.54, 1.807) is 30.1 Å². The van der Waals surface area contributed by atoms with Gasteiger partial charge in [0.1, 0.15) is 17.2 Å². The molecular weight excluding hydrogens is 316 g/mol. The van der Waals surface area contributed by atoms with Gasteiger partial charge in [-0.3, -0.25) is 9.59 Å². The Morgan fingerprint density at radius 2 is 2.04 bits per heavy atom. The minimum atomic E-state index is -0.252. The Morgan fingerprint density at radius 3 is 2.80 bits per heavy atom. The zero-order valence-electron chi connectivity index (χ0n) is 14.3. The van der Waals surface area contributed by atoms with Gasteiger partial charge in [-0.05, 0) is 42.0 Å². The summed E-state index contributed by atoms with van der Waals surface area (Å²) in [4.78, 5) is 29.1. The van der Waals surface area contributed by atoms with E-state index in [0.717, 1.165) is 16.9 Å². The molecule has 1 aromatic carbocycles. The highest BCUT2D eigenvalue weighted by Gasteiger charge is 2.36. The van der Waals surface area contributed by atoms with Gasteiger partial charge in [0.25, 0.3) is 11.5 Å². The zero-order chi connectivity index (χ0) is 17.6. The summed E-state index contributed by atoms with van der Waals surface area (Å²) in [6.45, 7) is 2.58. The second-order valence-corrected chi connectivity index (χ2v) is 6.88. The van der Waals surface area contributed by atoms with E-state index in [1.165, 1.54) is 6.42 Å². The van der Waals surface area contributed by atoms with E-state index in [0.29, 0.717) is 23.8 Å². The third-order valence-electron chi connectivity index (χ3n) is 4.88. The lowest BCUT2D eigenvalue weighted by Crippen LogP contribution is -2.28. The highest BCUT2D eigenvalue weighted by molar-refractivity contribution is 5.96. The van der Waals surface area contributed by atoms with Crippen LogP contribution in [0, 0.1) is 5.92 Å². The summed E-state index contributed by atoms with van der Waals surface area (Å²) in [6.07, 6.45) is 1.17. The summed E-state index contributed by atoms with van der Waals surface area (Å²) >= 11 is 0. The molecule has 5 heteroatoms. The van der Waals surface area contributed by atoms with Crippen LogP contribution in [0.1, 0.15) is 41.3 Å². The molecule has 0 spiro atoms. The van der Waals surface area contributed by atoms with Gasteiger partial charge in [-0.2, -0.15) is 0 Å². The number of aromatic nitrogens is 1. The van der Waals surface area contributed by atoms with Gasteiger partial charge in [-0.15, -0.1) is 0 Å². The van der Waals surface area contributed by atoms with E-state index in [4.69, 9.17) is 4.42 Å². The zero-order valence-corrected chi connectivity index (χ0v) is 14.3. The molecule has 3 aromatic rings. The first-order chi connectivity index (χ1) is 12.0. The number of H-pyrrole nitrogens is 1. The smallest absolute Gasteiger partial charge is 0.270 e. The van der Waals surface area contributed by atoms with Gasteiger partial charge in [0.05, 0.1) is 6.54 Å². The number of benzene rings is 1. The highest BCUT2D eigenvalue weighted by atomic mass is 16.3. The number of hydrogen-bond donors (Lipinski definition) is 1. The molecule has 4 rings (SSSR count). The van der Waals surface area contributed by atoms with E-state index in [-0.39, 0.29) is 17.2 Å². The van der Waals surface area contributed by atoms with Crippen LogP contribution < -0.4 is 5.56 Å². The highest BCUT2D eigenvalue weighted by Crippen LogP contribution is 2.47. The lowest BCUT2D eigenvalue weighted by atomic mass is 10.1. The van der Waals surface area contributed by atoms with Crippen molar-refractivity contribution in [3.8, 4) is 0 Å². The minimum Gasteiger partial charge on any atom is -0.464 e. The number of amides is 1. The van der Waals surface area contributed by atoms with Crippen molar-refractivity contribution < 1.29 is 9.21 Å². The lowest BCUT2D eigenvalue weighted by molar-refractivity contribution is 0.0769. The van der Waals surface area contributed by atoms with Crippen molar-refractivity contribution in [3.05, 3.63) is 70.0 Å². The van der Waals surface area contributed by atoms with Crippen LogP contribution in [0.5, 0.6) is 0 Å². The molecule has 1 N–H and O–H groups in total. The lowest BCUT2D eigenvalue weighted by Gasteiger charge is -2.16. The normalized spacial score (nSPS) is 19.1. The first-order valence-corrected chi connectivity index (χ1v) is 8.49. The molecule has 0 unspecified atom stereocenters. The van der Waals surface area contributed by atoms with Gasteiger partial charge >= 0.3 is 0 Å². The van der Waals surface area contributed by atoms with E-state index in [2.05, 4.69) is 11.9 Å². The summed E-state index contributed by atoms with van der Waals surface area (Å²) < 4.78 is 5.86. The summed E-state index contributed by atoms with van der Waals surface area (Å²) in [5.74, 6) is 2.73. The molecule has 0 radical (unpaired) electrons. The Balaban J connectivity index is 1.54. The van der Waals surface area contributed by atoms with Gasteiger partial charge in [-0.1, -0.05) is 25.1 Å². The van der Waals surface area contributed by atoms with Gasteiger partial charge in [0.15, 0.2) is 0 Å². The van der Waals surface area contributed by atoms with Gasteiger partial charge < -0.3 is 14.3 Å². The maximum atomic E-state index is 12.7. The van der Waals surface area contributed by atoms with Crippen molar-refractivity contribution in [1.82, 2.24) is 9.88 Å². The quantitative estimate of drug-likeness (QED) is 0.793. The number of rotatable bonds is 4. The second kappa shape index (κ2) is 5.92. The van der Waals surface area contributed by atoms with Crippen molar-refractivity contribution in [1.29, 1.82) is 0 Å². The number of pyridine rings is 1. The Hall–Kier alpha value is -2.82. The summed E-state index contributed by atoms with van der Waals surface area (Å²) in [7, 11) is 1.71. The van der Waals surface area contributed by atoms with Crippen LogP contribution in [0.25, 0.3) is 10.8 Å². The molecule has 1 aliphatic carbocycles. The molecule has 2 heterocycles. The fourth-order valence-electron chi connectivity index (χ4n) is 3.23. The molecule has 0 bridgehead atoms. The average Bonchev–Trinajstić information content (AvgIpc) is 3.15. The second-order valence-electron chi connectivity index (χ2n) is 6.88. The largest absolute Gasteiger partial charge is 0.464 e. The summed E-state index contributed by atoms with van der Waals surface area (Å²) in [5.41, 5.74) is 0.0339. The SMILES string of the molecule is C[C@H]1C[C@@H]1c1ccc(CN(C)C(=O)c2cc3ccccc3c(=O)[nH]2)o1. The maximum absolute atomic E-state index is 12.7. The standard InChI is InChI=1S/C20H20N2O3/c1-12-9-16(12)18-8-7-14(25-18)11-22(2)20(24)17-10-13-5-3-4-6-15(13)19(23)21-17/h3-8,10,12,16H,9,11H2,1-2H3,(H,21,23)/t12-,16-/m0/s1. The molecule has 2 atom stereocenters. The predicted octanol–water partition coefficient (Wildman–Crippen LogP) is 3.52. The summed E-state index contributed by atoms with van der Waals surface area (Å²) in [5, 5.41) is 1.34.